The molecule has 0 bridgehead atoms. The van der Waals surface area contributed by atoms with Gasteiger partial charge in [-0.2, -0.15) is 0 Å². The second-order valence-electron chi connectivity index (χ2n) is 5.52. The average molecular weight is 231 g/mol. The monoisotopic (exact) mass is 231 g/mol. The fourth-order valence-corrected chi connectivity index (χ4v) is 2.77. The van der Waals surface area contributed by atoms with Crippen molar-refractivity contribution in [3.63, 3.8) is 0 Å². The molecule has 0 spiro atoms. The van der Waals surface area contributed by atoms with Crippen molar-refractivity contribution in [2.24, 2.45) is 5.92 Å². The van der Waals surface area contributed by atoms with Gasteiger partial charge in [0, 0.05) is 12.5 Å². The summed E-state index contributed by atoms with van der Waals surface area (Å²) in [7, 11) is 2.07. The number of hydrogen-bond acceptors (Lipinski definition) is 2. The minimum atomic E-state index is 0.344. The van der Waals surface area contributed by atoms with Gasteiger partial charge in [0.05, 0.1) is 0 Å². The zero-order valence-electron chi connectivity index (χ0n) is 10.7. The van der Waals surface area contributed by atoms with Gasteiger partial charge in [-0.1, -0.05) is 25.0 Å². The Morgan fingerprint density at radius 2 is 2.24 bits per heavy atom. The fourth-order valence-electron chi connectivity index (χ4n) is 2.77. The highest BCUT2D eigenvalue weighted by atomic mass is 16.5. The summed E-state index contributed by atoms with van der Waals surface area (Å²) in [6, 6.07) is 7.22. The van der Waals surface area contributed by atoms with Crippen molar-refractivity contribution < 1.29 is 4.74 Å². The maximum absolute atomic E-state index is 5.75. The van der Waals surface area contributed by atoms with Crippen molar-refractivity contribution in [1.82, 2.24) is 5.32 Å². The third kappa shape index (κ3) is 2.32. The number of hydrogen-bond donors (Lipinski definition) is 1. The smallest absolute Gasteiger partial charge is 0.123 e. The summed E-state index contributed by atoms with van der Waals surface area (Å²) in [4.78, 5) is 0. The van der Waals surface area contributed by atoms with Crippen molar-refractivity contribution in [3.8, 4) is 5.75 Å². The van der Waals surface area contributed by atoms with E-state index in [1.165, 1.54) is 30.4 Å². The van der Waals surface area contributed by atoms with E-state index in [1.54, 1.807) is 0 Å². The zero-order chi connectivity index (χ0) is 11.8. The minimum Gasteiger partial charge on any atom is -0.490 e. The van der Waals surface area contributed by atoms with Gasteiger partial charge in [-0.05, 0) is 43.5 Å². The predicted molar refractivity (Wildman–Crippen MR) is 69.4 cm³/mol. The number of fused-ring (bicyclic) bond motifs is 1. The third-order valence-corrected chi connectivity index (χ3v) is 3.94. The Kier molecular flexibility index (Phi) is 2.83. The summed E-state index contributed by atoms with van der Waals surface area (Å²) < 4.78 is 5.75. The number of nitrogens with one attached hydrogen (secondary N) is 1. The fraction of sp³-hybridized carbons (Fsp3) is 0.600. The van der Waals surface area contributed by atoms with Gasteiger partial charge in [0.1, 0.15) is 11.9 Å². The predicted octanol–water partition coefficient (Wildman–Crippen LogP) is 3.07. The van der Waals surface area contributed by atoms with Crippen LogP contribution in [-0.4, -0.2) is 13.2 Å². The SMILES string of the molecule is CNC(CC1CC1)c1ccc2c(c1)CC(C)O2. The number of rotatable bonds is 4. The maximum Gasteiger partial charge on any atom is 0.123 e. The van der Waals surface area contributed by atoms with Crippen molar-refractivity contribution in [1.29, 1.82) is 0 Å². The second kappa shape index (κ2) is 4.34. The van der Waals surface area contributed by atoms with E-state index < -0.39 is 0 Å². The van der Waals surface area contributed by atoms with E-state index in [1.807, 2.05) is 0 Å². The Morgan fingerprint density at radius 3 is 2.94 bits per heavy atom. The molecule has 1 fully saturated rings. The molecular formula is C15H21NO. The van der Waals surface area contributed by atoms with Crippen LogP contribution in [0.15, 0.2) is 18.2 Å². The van der Waals surface area contributed by atoms with Crippen LogP contribution in [0.25, 0.3) is 0 Å². The number of benzene rings is 1. The highest BCUT2D eigenvalue weighted by Gasteiger charge is 2.26. The van der Waals surface area contributed by atoms with Crippen molar-refractivity contribution in [2.75, 3.05) is 7.05 Å². The van der Waals surface area contributed by atoms with Crippen LogP contribution in [0, 0.1) is 5.92 Å². The first-order valence-corrected chi connectivity index (χ1v) is 6.73. The molecule has 1 aliphatic carbocycles. The molecule has 1 saturated carbocycles. The van der Waals surface area contributed by atoms with Crippen molar-refractivity contribution in [3.05, 3.63) is 29.3 Å². The molecule has 2 nitrogen and oxygen atoms in total. The molecular weight excluding hydrogens is 210 g/mol. The van der Waals surface area contributed by atoms with Crippen molar-refractivity contribution >= 4 is 0 Å². The van der Waals surface area contributed by atoms with Crippen LogP contribution in [-0.2, 0) is 6.42 Å². The Bertz CT molecular complexity index is 411. The van der Waals surface area contributed by atoms with E-state index in [-0.39, 0.29) is 0 Å². The van der Waals surface area contributed by atoms with Crippen LogP contribution in [0.3, 0.4) is 0 Å². The summed E-state index contributed by atoms with van der Waals surface area (Å²) in [5.41, 5.74) is 2.81. The number of ether oxygens (including phenoxy) is 1. The standard InChI is InChI=1S/C15H21NO/c1-10-7-13-9-12(5-6-15(13)17-10)14(16-2)8-11-3-4-11/h5-6,9-11,14,16H,3-4,7-8H2,1-2H3. The van der Waals surface area contributed by atoms with E-state index in [4.69, 9.17) is 4.74 Å². The van der Waals surface area contributed by atoms with E-state index in [0.717, 1.165) is 18.1 Å². The normalized spacial score (nSPS) is 24.2. The summed E-state index contributed by atoms with van der Waals surface area (Å²) in [5, 5.41) is 3.45. The molecule has 2 aliphatic rings. The van der Waals surface area contributed by atoms with Gasteiger partial charge in [0.25, 0.3) is 0 Å². The molecule has 1 aliphatic heterocycles. The third-order valence-electron chi connectivity index (χ3n) is 3.94. The average Bonchev–Trinajstić information content (AvgIpc) is 3.05. The minimum absolute atomic E-state index is 0.344. The quantitative estimate of drug-likeness (QED) is 0.860. The Morgan fingerprint density at radius 1 is 1.41 bits per heavy atom. The van der Waals surface area contributed by atoms with Gasteiger partial charge in [-0.3, -0.25) is 0 Å². The van der Waals surface area contributed by atoms with Gasteiger partial charge in [0.15, 0.2) is 0 Å². The molecule has 1 aromatic rings. The second-order valence-corrected chi connectivity index (χ2v) is 5.52. The summed E-state index contributed by atoms with van der Waals surface area (Å²) in [6.45, 7) is 2.14. The highest BCUT2D eigenvalue weighted by Crippen LogP contribution is 2.39. The van der Waals surface area contributed by atoms with Gasteiger partial charge in [0.2, 0.25) is 0 Å². The summed E-state index contributed by atoms with van der Waals surface area (Å²) >= 11 is 0. The molecule has 1 aromatic carbocycles. The molecule has 3 rings (SSSR count). The first kappa shape index (κ1) is 11.1. The lowest BCUT2D eigenvalue weighted by molar-refractivity contribution is 0.254. The highest BCUT2D eigenvalue weighted by molar-refractivity contribution is 5.41. The van der Waals surface area contributed by atoms with Crippen LogP contribution in [0.1, 0.15) is 43.4 Å². The molecule has 2 unspecified atom stereocenters. The van der Waals surface area contributed by atoms with E-state index in [9.17, 15) is 0 Å². The lowest BCUT2D eigenvalue weighted by Gasteiger charge is -2.17. The molecule has 1 heterocycles. The Labute approximate surface area is 103 Å². The largest absolute Gasteiger partial charge is 0.490 e. The topological polar surface area (TPSA) is 21.3 Å². The van der Waals surface area contributed by atoms with Crippen LogP contribution in [0.4, 0.5) is 0 Å². The van der Waals surface area contributed by atoms with Crippen LogP contribution >= 0.6 is 0 Å². The van der Waals surface area contributed by atoms with E-state index in [2.05, 4.69) is 37.5 Å². The summed E-state index contributed by atoms with van der Waals surface area (Å²) in [5.74, 6) is 2.04. The molecule has 92 valence electrons. The Balaban J connectivity index is 1.80. The maximum atomic E-state index is 5.75. The van der Waals surface area contributed by atoms with Crippen LogP contribution in [0.2, 0.25) is 0 Å². The van der Waals surface area contributed by atoms with E-state index in [0.29, 0.717) is 12.1 Å². The van der Waals surface area contributed by atoms with E-state index >= 15 is 0 Å². The molecule has 2 atom stereocenters. The van der Waals surface area contributed by atoms with Crippen molar-refractivity contribution in [2.45, 2.75) is 44.8 Å². The molecule has 0 amide bonds. The molecule has 1 N–H and O–H groups in total. The van der Waals surface area contributed by atoms with Crippen LogP contribution in [0.5, 0.6) is 5.75 Å². The molecule has 0 saturated heterocycles. The molecule has 0 radical (unpaired) electrons. The first-order valence-electron chi connectivity index (χ1n) is 6.73. The Hall–Kier alpha value is -1.02. The lowest BCUT2D eigenvalue weighted by atomic mass is 9.98. The lowest BCUT2D eigenvalue weighted by Crippen LogP contribution is -2.17. The molecule has 0 aromatic heterocycles. The molecule has 17 heavy (non-hydrogen) atoms. The molecule has 2 heteroatoms. The first-order chi connectivity index (χ1) is 8.26. The van der Waals surface area contributed by atoms with Gasteiger partial charge >= 0.3 is 0 Å². The summed E-state index contributed by atoms with van der Waals surface area (Å²) in [6.07, 6.45) is 5.53. The van der Waals surface area contributed by atoms with Gasteiger partial charge in [-0.25, -0.2) is 0 Å². The van der Waals surface area contributed by atoms with Gasteiger partial charge in [-0.15, -0.1) is 0 Å². The zero-order valence-corrected chi connectivity index (χ0v) is 10.7. The van der Waals surface area contributed by atoms with Crippen LogP contribution < -0.4 is 10.1 Å². The van der Waals surface area contributed by atoms with Gasteiger partial charge < -0.3 is 10.1 Å².